The topological polar surface area (TPSA) is 12.0 Å². The van der Waals surface area contributed by atoms with E-state index in [1.165, 1.54) is 5.56 Å². The molecule has 0 saturated carbocycles. The van der Waals surface area contributed by atoms with Crippen molar-refractivity contribution in [1.29, 1.82) is 0 Å². The van der Waals surface area contributed by atoms with Crippen LogP contribution in [0.25, 0.3) is 0 Å². The van der Waals surface area contributed by atoms with Gasteiger partial charge in [0.2, 0.25) is 0 Å². The van der Waals surface area contributed by atoms with Gasteiger partial charge in [0.05, 0.1) is 6.04 Å². The average molecular weight is 322 g/mol. The molecule has 2 aromatic carbocycles. The molecule has 0 aromatic heterocycles. The second-order valence-corrected chi connectivity index (χ2v) is 7.04. The summed E-state index contributed by atoms with van der Waals surface area (Å²) in [6.07, 6.45) is 0. The van der Waals surface area contributed by atoms with Crippen LogP contribution in [0, 0.1) is 0 Å². The predicted molar refractivity (Wildman–Crippen MR) is 92.5 cm³/mol. The molecular formula is C18H21Cl2N. The van der Waals surface area contributed by atoms with Gasteiger partial charge in [-0.1, -0.05) is 74.3 Å². The minimum absolute atomic E-state index is 0.0137. The summed E-state index contributed by atoms with van der Waals surface area (Å²) in [5, 5.41) is 4.67. The molecule has 21 heavy (non-hydrogen) atoms. The SMILES string of the molecule is CNC(c1ccc(C(C)(C)C)cc1)c1c(Cl)cccc1Cl. The first-order chi connectivity index (χ1) is 9.84. The van der Waals surface area contributed by atoms with Crippen molar-refractivity contribution >= 4 is 23.2 Å². The van der Waals surface area contributed by atoms with Crippen molar-refractivity contribution in [3.63, 3.8) is 0 Å². The van der Waals surface area contributed by atoms with Gasteiger partial charge in [0.1, 0.15) is 0 Å². The average Bonchev–Trinajstić information content (AvgIpc) is 2.42. The van der Waals surface area contributed by atoms with Crippen molar-refractivity contribution in [2.45, 2.75) is 32.2 Å². The Kier molecular flexibility index (Phi) is 4.98. The number of halogens is 2. The quantitative estimate of drug-likeness (QED) is 0.775. The highest BCUT2D eigenvalue weighted by molar-refractivity contribution is 6.36. The zero-order valence-corrected chi connectivity index (χ0v) is 14.4. The molecular weight excluding hydrogens is 301 g/mol. The molecule has 0 bridgehead atoms. The molecule has 1 nitrogen and oxygen atoms in total. The van der Waals surface area contributed by atoms with Crippen LogP contribution >= 0.6 is 23.2 Å². The summed E-state index contributed by atoms with van der Waals surface area (Å²) >= 11 is 12.7. The monoisotopic (exact) mass is 321 g/mol. The van der Waals surface area contributed by atoms with Crippen molar-refractivity contribution in [3.05, 3.63) is 69.2 Å². The molecule has 1 N–H and O–H groups in total. The fourth-order valence-corrected chi connectivity index (χ4v) is 3.06. The van der Waals surface area contributed by atoms with Gasteiger partial charge in [-0.05, 0) is 35.7 Å². The minimum Gasteiger partial charge on any atom is -0.309 e. The molecule has 112 valence electrons. The van der Waals surface area contributed by atoms with Crippen LogP contribution in [0.3, 0.4) is 0 Å². The summed E-state index contributed by atoms with van der Waals surface area (Å²) in [7, 11) is 1.92. The van der Waals surface area contributed by atoms with Crippen LogP contribution in [-0.2, 0) is 5.41 Å². The third kappa shape index (κ3) is 3.60. The van der Waals surface area contributed by atoms with Gasteiger partial charge in [0.15, 0.2) is 0 Å². The number of rotatable bonds is 3. The van der Waals surface area contributed by atoms with Gasteiger partial charge in [-0.25, -0.2) is 0 Å². The van der Waals surface area contributed by atoms with Gasteiger partial charge < -0.3 is 5.32 Å². The molecule has 2 rings (SSSR count). The van der Waals surface area contributed by atoms with E-state index in [0.29, 0.717) is 10.0 Å². The molecule has 3 heteroatoms. The first-order valence-corrected chi connectivity index (χ1v) is 7.82. The molecule has 0 aliphatic carbocycles. The lowest BCUT2D eigenvalue weighted by atomic mass is 9.86. The summed E-state index contributed by atoms with van der Waals surface area (Å²) in [5.41, 5.74) is 3.54. The molecule has 0 aliphatic rings. The van der Waals surface area contributed by atoms with Crippen LogP contribution in [0.15, 0.2) is 42.5 Å². The van der Waals surface area contributed by atoms with E-state index in [-0.39, 0.29) is 11.5 Å². The van der Waals surface area contributed by atoms with E-state index < -0.39 is 0 Å². The Bertz CT molecular complexity index is 592. The van der Waals surface area contributed by atoms with Crippen molar-refractivity contribution in [3.8, 4) is 0 Å². The summed E-state index contributed by atoms with van der Waals surface area (Å²) in [6, 6.07) is 14.2. The van der Waals surface area contributed by atoms with Crippen LogP contribution in [0.2, 0.25) is 10.0 Å². The van der Waals surface area contributed by atoms with E-state index >= 15 is 0 Å². The van der Waals surface area contributed by atoms with E-state index in [1.54, 1.807) is 0 Å². The van der Waals surface area contributed by atoms with Gasteiger partial charge >= 0.3 is 0 Å². The molecule has 0 spiro atoms. The predicted octanol–water partition coefficient (Wildman–Crippen LogP) is 5.60. The lowest BCUT2D eigenvalue weighted by molar-refractivity contribution is 0.589. The minimum atomic E-state index is -0.0137. The fourth-order valence-electron chi connectivity index (χ4n) is 2.44. The van der Waals surface area contributed by atoms with Crippen molar-refractivity contribution in [1.82, 2.24) is 5.32 Å². The van der Waals surface area contributed by atoms with E-state index in [1.807, 2.05) is 25.2 Å². The second-order valence-electron chi connectivity index (χ2n) is 6.23. The molecule has 0 heterocycles. The Labute approximate surface area is 137 Å². The zero-order chi connectivity index (χ0) is 15.6. The Hall–Kier alpha value is -1.02. The molecule has 0 aliphatic heterocycles. The van der Waals surface area contributed by atoms with Crippen LogP contribution < -0.4 is 5.32 Å². The lowest BCUT2D eigenvalue weighted by Gasteiger charge is -2.23. The van der Waals surface area contributed by atoms with Gasteiger partial charge in [0.25, 0.3) is 0 Å². The third-order valence-corrected chi connectivity index (χ3v) is 4.35. The maximum Gasteiger partial charge on any atom is 0.0603 e. The number of nitrogens with one attached hydrogen (secondary N) is 1. The third-order valence-electron chi connectivity index (χ3n) is 3.69. The summed E-state index contributed by atoms with van der Waals surface area (Å²) in [5.74, 6) is 0. The Morgan fingerprint density at radius 2 is 1.43 bits per heavy atom. The molecule has 0 radical (unpaired) electrons. The largest absolute Gasteiger partial charge is 0.309 e. The van der Waals surface area contributed by atoms with Crippen molar-refractivity contribution in [2.24, 2.45) is 0 Å². The highest BCUT2D eigenvalue weighted by Gasteiger charge is 2.19. The Balaban J connectivity index is 2.43. The van der Waals surface area contributed by atoms with E-state index in [2.05, 4.69) is 50.4 Å². The van der Waals surface area contributed by atoms with Gasteiger partial charge in [-0.3, -0.25) is 0 Å². The molecule has 2 aromatic rings. The zero-order valence-electron chi connectivity index (χ0n) is 12.9. The maximum absolute atomic E-state index is 6.33. The van der Waals surface area contributed by atoms with Crippen molar-refractivity contribution in [2.75, 3.05) is 7.05 Å². The normalized spacial score (nSPS) is 13.2. The standard InChI is InChI=1S/C18H21Cl2N/c1-18(2,3)13-10-8-12(9-11-13)17(21-4)16-14(19)6-5-7-15(16)20/h5-11,17,21H,1-4H3. The van der Waals surface area contributed by atoms with Crippen LogP contribution in [-0.4, -0.2) is 7.05 Å². The number of hydrogen-bond donors (Lipinski definition) is 1. The van der Waals surface area contributed by atoms with Crippen molar-refractivity contribution < 1.29 is 0 Å². The van der Waals surface area contributed by atoms with Gasteiger partial charge in [-0.2, -0.15) is 0 Å². The van der Waals surface area contributed by atoms with Gasteiger partial charge in [0, 0.05) is 15.6 Å². The molecule has 0 fully saturated rings. The van der Waals surface area contributed by atoms with E-state index in [0.717, 1.165) is 11.1 Å². The fraction of sp³-hybridized carbons (Fsp3) is 0.333. The smallest absolute Gasteiger partial charge is 0.0603 e. The number of hydrogen-bond acceptors (Lipinski definition) is 1. The maximum atomic E-state index is 6.33. The van der Waals surface area contributed by atoms with E-state index in [9.17, 15) is 0 Å². The number of benzene rings is 2. The second kappa shape index (κ2) is 6.39. The molecule has 1 unspecified atom stereocenters. The van der Waals surface area contributed by atoms with E-state index in [4.69, 9.17) is 23.2 Å². The summed E-state index contributed by atoms with van der Waals surface area (Å²) < 4.78 is 0. The summed E-state index contributed by atoms with van der Waals surface area (Å²) in [6.45, 7) is 6.63. The Morgan fingerprint density at radius 3 is 1.86 bits per heavy atom. The highest BCUT2D eigenvalue weighted by Crippen LogP contribution is 2.34. The first kappa shape index (κ1) is 16.4. The van der Waals surface area contributed by atoms with Gasteiger partial charge in [-0.15, -0.1) is 0 Å². The van der Waals surface area contributed by atoms with Crippen LogP contribution in [0.1, 0.15) is 43.5 Å². The molecule has 1 atom stereocenters. The molecule has 0 amide bonds. The lowest BCUT2D eigenvalue weighted by Crippen LogP contribution is -2.19. The Morgan fingerprint density at radius 1 is 0.905 bits per heavy atom. The van der Waals surface area contributed by atoms with Crippen LogP contribution in [0.5, 0.6) is 0 Å². The first-order valence-electron chi connectivity index (χ1n) is 7.06. The summed E-state index contributed by atoms with van der Waals surface area (Å²) in [4.78, 5) is 0. The molecule has 0 saturated heterocycles. The highest BCUT2D eigenvalue weighted by atomic mass is 35.5. The van der Waals surface area contributed by atoms with Crippen LogP contribution in [0.4, 0.5) is 0 Å².